The second kappa shape index (κ2) is 6.39. The van der Waals surface area contributed by atoms with Crippen LogP contribution in [0.3, 0.4) is 0 Å². The van der Waals surface area contributed by atoms with E-state index in [9.17, 15) is 0 Å². The number of anilines is 1. The van der Waals surface area contributed by atoms with E-state index >= 15 is 0 Å². The maximum Gasteiger partial charge on any atom is 0.0648 e. The molecule has 0 atom stereocenters. The summed E-state index contributed by atoms with van der Waals surface area (Å²) in [6, 6.07) is 4.81. The van der Waals surface area contributed by atoms with Gasteiger partial charge in [-0.1, -0.05) is 6.92 Å². The van der Waals surface area contributed by atoms with Gasteiger partial charge in [0.05, 0.1) is 11.6 Å². The fraction of sp³-hybridized carbons (Fsp3) is 0.643. The fourth-order valence-corrected chi connectivity index (χ4v) is 2.74. The first kappa shape index (κ1) is 13.6. The zero-order chi connectivity index (χ0) is 13.0. The van der Waals surface area contributed by atoms with Crippen molar-refractivity contribution in [3.8, 4) is 0 Å². The lowest BCUT2D eigenvalue weighted by atomic mass is 10.0. The summed E-state index contributed by atoms with van der Waals surface area (Å²) in [4.78, 5) is 9.14. The third kappa shape index (κ3) is 3.15. The Bertz CT molecular complexity index is 375. The van der Waals surface area contributed by atoms with E-state index in [2.05, 4.69) is 40.9 Å². The van der Waals surface area contributed by atoms with Crippen LogP contribution < -0.4 is 4.90 Å². The molecule has 0 unspecified atom stereocenters. The number of aromatic nitrogens is 1. The number of likely N-dealkylation sites (tertiary alicyclic amines) is 1. The molecule has 0 saturated carbocycles. The van der Waals surface area contributed by atoms with Crippen LogP contribution >= 0.6 is 11.6 Å². The highest BCUT2D eigenvalue weighted by Crippen LogP contribution is 2.22. The van der Waals surface area contributed by atoms with Gasteiger partial charge in [0.25, 0.3) is 0 Å². The summed E-state index contributed by atoms with van der Waals surface area (Å²) in [5, 5.41) is 0. The maximum absolute atomic E-state index is 5.84. The number of hydrogen-bond donors (Lipinski definition) is 0. The maximum atomic E-state index is 5.84. The zero-order valence-electron chi connectivity index (χ0n) is 11.3. The highest BCUT2D eigenvalue weighted by Gasteiger charge is 2.21. The van der Waals surface area contributed by atoms with Gasteiger partial charge in [-0.15, -0.1) is 11.6 Å². The number of piperidine rings is 1. The minimum atomic E-state index is 0.482. The van der Waals surface area contributed by atoms with Crippen LogP contribution in [0, 0.1) is 0 Å². The van der Waals surface area contributed by atoms with Gasteiger partial charge in [-0.2, -0.15) is 0 Å². The Morgan fingerprint density at radius 3 is 2.78 bits per heavy atom. The monoisotopic (exact) mass is 267 g/mol. The van der Waals surface area contributed by atoms with Gasteiger partial charge in [-0.3, -0.25) is 4.98 Å². The van der Waals surface area contributed by atoms with Crippen molar-refractivity contribution >= 4 is 17.3 Å². The number of pyridine rings is 1. The lowest BCUT2D eigenvalue weighted by molar-refractivity contribution is 0.221. The van der Waals surface area contributed by atoms with Crippen molar-refractivity contribution in [1.82, 2.24) is 9.88 Å². The van der Waals surface area contributed by atoms with Crippen LogP contribution in [0.4, 0.5) is 5.69 Å². The molecule has 0 bridgehead atoms. The van der Waals surface area contributed by atoms with Crippen molar-refractivity contribution < 1.29 is 0 Å². The molecular formula is C14H22ClN3. The number of hydrogen-bond acceptors (Lipinski definition) is 3. The molecule has 1 saturated heterocycles. The summed E-state index contributed by atoms with van der Waals surface area (Å²) in [6.07, 6.45) is 4.33. The van der Waals surface area contributed by atoms with E-state index in [1.807, 2.05) is 6.20 Å². The quantitative estimate of drug-likeness (QED) is 0.782. The van der Waals surface area contributed by atoms with Gasteiger partial charge in [0.1, 0.15) is 0 Å². The minimum absolute atomic E-state index is 0.482. The summed E-state index contributed by atoms with van der Waals surface area (Å²) >= 11 is 5.84. The van der Waals surface area contributed by atoms with E-state index in [0.717, 1.165) is 5.69 Å². The van der Waals surface area contributed by atoms with Crippen LogP contribution in [0.2, 0.25) is 0 Å². The molecule has 4 heteroatoms. The van der Waals surface area contributed by atoms with Crippen molar-refractivity contribution in [3.63, 3.8) is 0 Å². The fourth-order valence-electron chi connectivity index (χ4n) is 2.59. The van der Waals surface area contributed by atoms with E-state index < -0.39 is 0 Å². The molecule has 0 amide bonds. The lowest BCUT2D eigenvalue weighted by Crippen LogP contribution is -2.43. The Morgan fingerprint density at radius 2 is 2.17 bits per heavy atom. The van der Waals surface area contributed by atoms with Gasteiger partial charge in [0, 0.05) is 38.1 Å². The molecule has 1 aromatic rings. The van der Waals surface area contributed by atoms with Crippen LogP contribution in [0.15, 0.2) is 18.3 Å². The normalized spacial score (nSPS) is 17.9. The Morgan fingerprint density at radius 1 is 1.44 bits per heavy atom. The average molecular weight is 268 g/mol. The van der Waals surface area contributed by atoms with Crippen molar-refractivity contribution in [2.24, 2.45) is 0 Å². The molecule has 0 radical (unpaired) electrons. The largest absolute Gasteiger partial charge is 0.371 e. The van der Waals surface area contributed by atoms with Crippen molar-refractivity contribution in [1.29, 1.82) is 0 Å². The topological polar surface area (TPSA) is 19.4 Å². The highest BCUT2D eigenvalue weighted by molar-refractivity contribution is 6.16. The zero-order valence-corrected chi connectivity index (χ0v) is 12.0. The molecule has 0 spiro atoms. The summed E-state index contributed by atoms with van der Waals surface area (Å²) in [6.45, 7) is 5.82. The van der Waals surface area contributed by atoms with Gasteiger partial charge in [-0.05, 0) is 31.5 Å². The first-order valence-electron chi connectivity index (χ1n) is 6.70. The Labute approximate surface area is 115 Å². The van der Waals surface area contributed by atoms with Gasteiger partial charge in [0.15, 0.2) is 0 Å². The summed E-state index contributed by atoms with van der Waals surface area (Å²) in [5.41, 5.74) is 2.18. The number of alkyl halides is 1. The molecule has 2 heterocycles. The first-order valence-corrected chi connectivity index (χ1v) is 7.24. The van der Waals surface area contributed by atoms with E-state index in [1.165, 1.54) is 38.2 Å². The molecule has 1 fully saturated rings. The average Bonchev–Trinajstić information content (AvgIpc) is 2.46. The standard InChI is InChI=1S/C14H22ClN3/c1-3-18-8-5-13(6-9-18)17(2)14-4-7-16-12(10-14)11-15/h4,7,10,13H,3,5-6,8-9,11H2,1-2H3. The van der Waals surface area contributed by atoms with Gasteiger partial charge in [-0.25, -0.2) is 0 Å². The second-order valence-electron chi connectivity index (χ2n) is 4.92. The summed E-state index contributed by atoms with van der Waals surface area (Å²) in [5.74, 6) is 0.482. The van der Waals surface area contributed by atoms with Crippen LogP contribution in [-0.4, -0.2) is 42.6 Å². The molecule has 0 N–H and O–H groups in total. The molecule has 18 heavy (non-hydrogen) atoms. The number of nitrogens with zero attached hydrogens (tertiary/aromatic N) is 3. The first-order chi connectivity index (χ1) is 8.74. The van der Waals surface area contributed by atoms with E-state index in [4.69, 9.17) is 11.6 Å². The molecule has 2 rings (SSSR count). The Hall–Kier alpha value is -0.800. The summed E-state index contributed by atoms with van der Waals surface area (Å²) in [7, 11) is 2.18. The van der Waals surface area contributed by atoms with Gasteiger partial charge < -0.3 is 9.80 Å². The molecule has 1 aliphatic rings. The number of rotatable bonds is 4. The van der Waals surface area contributed by atoms with Crippen molar-refractivity contribution in [2.45, 2.75) is 31.7 Å². The number of halogens is 1. The predicted octanol–water partition coefficient (Wildman–Crippen LogP) is 2.74. The van der Waals surface area contributed by atoms with Crippen molar-refractivity contribution in [2.75, 3.05) is 31.6 Å². The molecule has 1 aliphatic heterocycles. The van der Waals surface area contributed by atoms with Gasteiger partial charge in [0.2, 0.25) is 0 Å². The van der Waals surface area contributed by atoms with E-state index in [1.54, 1.807) is 0 Å². The minimum Gasteiger partial charge on any atom is -0.371 e. The SMILES string of the molecule is CCN1CCC(N(C)c2ccnc(CCl)c2)CC1. The third-order valence-electron chi connectivity index (χ3n) is 3.90. The van der Waals surface area contributed by atoms with Crippen LogP contribution in [0.1, 0.15) is 25.5 Å². The van der Waals surface area contributed by atoms with E-state index in [0.29, 0.717) is 11.9 Å². The van der Waals surface area contributed by atoms with E-state index in [-0.39, 0.29) is 0 Å². The van der Waals surface area contributed by atoms with Crippen LogP contribution in [0.5, 0.6) is 0 Å². The highest BCUT2D eigenvalue weighted by atomic mass is 35.5. The molecule has 3 nitrogen and oxygen atoms in total. The smallest absolute Gasteiger partial charge is 0.0648 e. The van der Waals surface area contributed by atoms with Crippen LogP contribution in [0.25, 0.3) is 0 Å². The molecule has 0 aromatic carbocycles. The van der Waals surface area contributed by atoms with Crippen molar-refractivity contribution in [3.05, 3.63) is 24.0 Å². The lowest BCUT2D eigenvalue weighted by Gasteiger charge is -2.37. The molecule has 1 aromatic heterocycles. The molecule has 0 aliphatic carbocycles. The Kier molecular flexibility index (Phi) is 4.84. The predicted molar refractivity (Wildman–Crippen MR) is 77.3 cm³/mol. The third-order valence-corrected chi connectivity index (χ3v) is 4.17. The second-order valence-corrected chi connectivity index (χ2v) is 5.18. The molecular weight excluding hydrogens is 246 g/mol. The molecule has 100 valence electrons. The summed E-state index contributed by atoms with van der Waals surface area (Å²) < 4.78 is 0. The Balaban J connectivity index is 2.00. The van der Waals surface area contributed by atoms with Gasteiger partial charge >= 0.3 is 0 Å². The van der Waals surface area contributed by atoms with Crippen LogP contribution in [-0.2, 0) is 5.88 Å².